The Kier molecular flexibility index (Phi) is 3.93. The molecule has 2 aliphatic rings. The SMILES string of the molecule is O=C(c1ccc2nc(-c3ccc(F)cc3)cn2c1)N1CC2CCCNC2C1. The Morgan fingerprint density at radius 1 is 1.11 bits per heavy atom. The Hall–Kier alpha value is -2.73. The first kappa shape index (κ1) is 16.4. The maximum Gasteiger partial charge on any atom is 0.255 e. The minimum atomic E-state index is -0.268. The van der Waals surface area contributed by atoms with Crippen LogP contribution in [-0.2, 0) is 0 Å². The van der Waals surface area contributed by atoms with Gasteiger partial charge in [0.2, 0.25) is 0 Å². The number of carbonyl (C=O) groups excluding carboxylic acids is 1. The first-order chi connectivity index (χ1) is 13.2. The zero-order valence-electron chi connectivity index (χ0n) is 14.9. The van der Waals surface area contributed by atoms with Gasteiger partial charge in [-0.3, -0.25) is 4.79 Å². The lowest BCUT2D eigenvalue weighted by atomic mass is 9.94. The standard InChI is InChI=1S/C21H21FN4O/c22-17-6-3-14(4-7-17)19-13-25-11-16(5-8-20(25)24-19)21(27)26-10-15-2-1-9-23-18(15)12-26/h3-8,11,13,15,18,23H,1-2,9-10,12H2. The molecule has 0 bridgehead atoms. The maximum absolute atomic E-state index is 13.1. The number of fused-ring (bicyclic) bond motifs is 2. The molecule has 1 aromatic carbocycles. The summed E-state index contributed by atoms with van der Waals surface area (Å²) < 4.78 is 15.0. The number of amides is 1. The lowest BCUT2D eigenvalue weighted by molar-refractivity contribution is 0.0785. The molecule has 1 amide bonds. The van der Waals surface area contributed by atoms with E-state index in [1.807, 2.05) is 33.8 Å². The minimum Gasteiger partial charge on any atom is -0.337 e. The Bertz CT molecular complexity index is 983. The van der Waals surface area contributed by atoms with Gasteiger partial charge in [-0.2, -0.15) is 0 Å². The number of nitrogens with one attached hydrogen (secondary N) is 1. The smallest absolute Gasteiger partial charge is 0.255 e. The average molecular weight is 364 g/mol. The number of piperidine rings is 1. The van der Waals surface area contributed by atoms with E-state index in [-0.39, 0.29) is 11.7 Å². The largest absolute Gasteiger partial charge is 0.337 e. The number of likely N-dealkylation sites (tertiary alicyclic amines) is 1. The van der Waals surface area contributed by atoms with Crippen molar-refractivity contribution in [3.05, 3.63) is 60.2 Å². The predicted molar refractivity (Wildman–Crippen MR) is 101 cm³/mol. The predicted octanol–water partition coefficient (Wildman–Crippen LogP) is 2.96. The summed E-state index contributed by atoms with van der Waals surface area (Å²) in [7, 11) is 0. The summed E-state index contributed by atoms with van der Waals surface area (Å²) >= 11 is 0. The Labute approximate surface area is 156 Å². The summed E-state index contributed by atoms with van der Waals surface area (Å²) in [5, 5.41) is 3.54. The summed E-state index contributed by atoms with van der Waals surface area (Å²) in [5.41, 5.74) is 3.05. The van der Waals surface area contributed by atoms with Crippen LogP contribution in [0.4, 0.5) is 4.39 Å². The Balaban J connectivity index is 1.41. The van der Waals surface area contributed by atoms with Crippen LogP contribution in [0.15, 0.2) is 48.8 Å². The van der Waals surface area contributed by atoms with Gasteiger partial charge in [-0.25, -0.2) is 9.37 Å². The topological polar surface area (TPSA) is 49.6 Å². The summed E-state index contributed by atoms with van der Waals surface area (Å²) in [6, 6.07) is 10.4. The van der Waals surface area contributed by atoms with Gasteiger partial charge in [0.25, 0.3) is 5.91 Å². The van der Waals surface area contributed by atoms with E-state index in [1.165, 1.54) is 25.0 Å². The molecular formula is C21H21FN4O. The lowest BCUT2D eigenvalue weighted by Gasteiger charge is -2.24. The molecule has 0 radical (unpaired) electrons. The van der Waals surface area contributed by atoms with Crippen molar-refractivity contribution in [3.63, 3.8) is 0 Å². The zero-order chi connectivity index (χ0) is 18.4. The van der Waals surface area contributed by atoms with Gasteiger partial charge in [-0.15, -0.1) is 0 Å². The minimum absolute atomic E-state index is 0.0742. The quantitative estimate of drug-likeness (QED) is 0.761. The fourth-order valence-corrected chi connectivity index (χ4v) is 4.27. The molecule has 27 heavy (non-hydrogen) atoms. The molecule has 4 heterocycles. The average Bonchev–Trinajstić information content (AvgIpc) is 3.31. The van der Waals surface area contributed by atoms with Crippen LogP contribution in [0.25, 0.3) is 16.9 Å². The molecule has 0 spiro atoms. The van der Waals surface area contributed by atoms with Crippen LogP contribution in [0.3, 0.4) is 0 Å². The van der Waals surface area contributed by atoms with E-state index in [4.69, 9.17) is 0 Å². The number of imidazole rings is 1. The highest BCUT2D eigenvalue weighted by molar-refractivity contribution is 5.94. The van der Waals surface area contributed by atoms with Gasteiger partial charge in [0.1, 0.15) is 11.5 Å². The highest BCUT2D eigenvalue weighted by atomic mass is 19.1. The molecule has 6 heteroatoms. The van der Waals surface area contributed by atoms with Crippen molar-refractivity contribution >= 4 is 11.6 Å². The van der Waals surface area contributed by atoms with Gasteiger partial charge in [0.15, 0.2) is 0 Å². The van der Waals surface area contributed by atoms with E-state index in [0.717, 1.165) is 36.5 Å². The molecular weight excluding hydrogens is 343 g/mol. The Morgan fingerprint density at radius 3 is 2.78 bits per heavy atom. The molecule has 2 aromatic heterocycles. The molecule has 0 aliphatic carbocycles. The van der Waals surface area contributed by atoms with E-state index in [9.17, 15) is 9.18 Å². The van der Waals surface area contributed by atoms with Crippen LogP contribution in [-0.4, -0.2) is 45.9 Å². The maximum atomic E-state index is 13.1. The second-order valence-electron chi connectivity index (χ2n) is 7.49. The van der Waals surface area contributed by atoms with Crippen molar-refractivity contribution in [1.82, 2.24) is 19.6 Å². The van der Waals surface area contributed by atoms with E-state index < -0.39 is 0 Å². The third-order valence-electron chi connectivity index (χ3n) is 5.72. The number of hydrogen-bond acceptors (Lipinski definition) is 3. The molecule has 2 aliphatic heterocycles. The number of hydrogen-bond donors (Lipinski definition) is 1. The van der Waals surface area contributed by atoms with E-state index in [2.05, 4.69) is 10.3 Å². The molecule has 2 unspecified atom stereocenters. The van der Waals surface area contributed by atoms with Gasteiger partial charge in [-0.05, 0) is 61.7 Å². The molecule has 5 nitrogen and oxygen atoms in total. The summed E-state index contributed by atoms with van der Waals surface area (Å²) in [6.45, 7) is 2.67. The lowest BCUT2D eigenvalue weighted by Crippen LogP contribution is -2.41. The fourth-order valence-electron chi connectivity index (χ4n) is 4.27. The molecule has 2 saturated heterocycles. The molecule has 2 fully saturated rings. The highest BCUT2D eigenvalue weighted by Crippen LogP contribution is 2.26. The van der Waals surface area contributed by atoms with Crippen molar-refractivity contribution in [2.45, 2.75) is 18.9 Å². The van der Waals surface area contributed by atoms with Gasteiger partial charge in [-0.1, -0.05) is 0 Å². The number of nitrogens with zero attached hydrogens (tertiary/aromatic N) is 3. The number of aromatic nitrogens is 2. The highest BCUT2D eigenvalue weighted by Gasteiger charge is 2.36. The summed E-state index contributed by atoms with van der Waals surface area (Å²) in [6.07, 6.45) is 6.11. The van der Waals surface area contributed by atoms with Gasteiger partial charge in [0.05, 0.1) is 11.3 Å². The van der Waals surface area contributed by atoms with Crippen LogP contribution in [0.5, 0.6) is 0 Å². The van der Waals surface area contributed by atoms with E-state index in [0.29, 0.717) is 17.5 Å². The van der Waals surface area contributed by atoms with Crippen molar-refractivity contribution in [1.29, 1.82) is 0 Å². The third-order valence-corrected chi connectivity index (χ3v) is 5.72. The third kappa shape index (κ3) is 3.00. The van der Waals surface area contributed by atoms with Crippen LogP contribution in [0.1, 0.15) is 23.2 Å². The first-order valence-corrected chi connectivity index (χ1v) is 9.45. The van der Waals surface area contributed by atoms with Crippen molar-refractivity contribution in [3.8, 4) is 11.3 Å². The van der Waals surface area contributed by atoms with Crippen molar-refractivity contribution in [2.24, 2.45) is 5.92 Å². The van der Waals surface area contributed by atoms with E-state index in [1.54, 1.807) is 12.1 Å². The summed E-state index contributed by atoms with van der Waals surface area (Å²) in [5.74, 6) is 0.381. The zero-order valence-corrected chi connectivity index (χ0v) is 14.9. The number of benzene rings is 1. The van der Waals surface area contributed by atoms with Crippen molar-refractivity contribution < 1.29 is 9.18 Å². The molecule has 5 rings (SSSR count). The molecule has 2 atom stereocenters. The van der Waals surface area contributed by atoms with Gasteiger partial charge >= 0.3 is 0 Å². The van der Waals surface area contributed by atoms with Gasteiger partial charge < -0.3 is 14.6 Å². The van der Waals surface area contributed by atoms with Crippen LogP contribution in [0.2, 0.25) is 0 Å². The Morgan fingerprint density at radius 2 is 1.96 bits per heavy atom. The molecule has 3 aromatic rings. The van der Waals surface area contributed by atoms with Gasteiger partial charge in [0, 0.05) is 37.1 Å². The van der Waals surface area contributed by atoms with Crippen molar-refractivity contribution in [2.75, 3.05) is 19.6 Å². The number of halogens is 1. The molecule has 1 N–H and O–H groups in total. The molecule has 0 saturated carbocycles. The van der Waals surface area contributed by atoms with Crippen LogP contribution >= 0.6 is 0 Å². The monoisotopic (exact) mass is 364 g/mol. The normalized spacial score (nSPS) is 22.2. The number of pyridine rings is 1. The second-order valence-corrected chi connectivity index (χ2v) is 7.49. The fraction of sp³-hybridized carbons (Fsp3) is 0.333. The van der Waals surface area contributed by atoms with Crippen LogP contribution < -0.4 is 5.32 Å². The van der Waals surface area contributed by atoms with E-state index >= 15 is 0 Å². The summed E-state index contributed by atoms with van der Waals surface area (Å²) in [4.78, 5) is 19.5. The van der Waals surface area contributed by atoms with Crippen LogP contribution in [0, 0.1) is 11.7 Å². The number of carbonyl (C=O) groups is 1. The molecule has 138 valence electrons. The second kappa shape index (κ2) is 6.46. The number of rotatable bonds is 2. The first-order valence-electron chi connectivity index (χ1n) is 9.45.